The highest BCUT2D eigenvalue weighted by Crippen LogP contribution is 1.95. The SMILES string of the molecule is CCCCN=C(NN)NCCc1nc(C)no1. The second-order valence-electron chi connectivity index (χ2n) is 3.64. The number of unbranched alkanes of at least 4 members (excludes halogenated alkanes) is 1. The number of nitrogens with zero attached hydrogens (tertiary/aromatic N) is 3. The van der Waals surface area contributed by atoms with Crippen LogP contribution in [-0.4, -0.2) is 29.2 Å². The second kappa shape index (κ2) is 7.61. The van der Waals surface area contributed by atoms with E-state index in [4.69, 9.17) is 10.4 Å². The van der Waals surface area contributed by atoms with Gasteiger partial charge in [-0.05, 0) is 13.3 Å². The third-order valence-corrected chi connectivity index (χ3v) is 2.12. The van der Waals surface area contributed by atoms with Gasteiger partial charge < -0.3 is 9.84 Å². The lowest BCUT2D eigenvalue weighted by Crippen LogP contribution is -2.42. The van der Waals surface area contributed by atoms with Crippen LogP contribution >= 0.6 is 0 Å². The number of guanidine groups is 1. The van der Waals surface area contributed by atoms with Gasteiger partial charge in [-0.1, -0.05) is 18.5 Å². The molecule has 0 atom stereocenters. The molecule has 0 spiro atoms. The first-order valence-electron chi connectivity index (χ1n) is 5.80. The molecule has 0 saturated carbocycles. The Kier molecular flexibility index (Phi) is 6.02. The van der Waals surface area contributed by atoms with Gasteiger partial charge in [-0.2, -0.15) is 4.98 Å². The van der Waals surface area contributed by atoms with E-state index in [2.05, 4.69) is 32.8 Å². The van der Waals surface area contributed by atoms with Crippen LogP contribution in [0, 0.1) is 6.92 Å². The molecule has 0 aliphatic carbocycles. The summed E-state index contributed by atoms with van der Waals surface area (Å²) >= 11 is 0. The number of hydrogen-bond acceptors (Lipinski definition) is 5. The number of aliphatic imine (C=N–C) groups is 1. The summed E-state index contributed by atoms with van der Waals surface area (Å²) in [6.45, 7) is 5.33. The summed E-state index contributed by atoms with van der Waals surface area (Å²) in [4.78, 5) is 8.37. The van der Waals surface area contributed by atoms with Gasteiger partial charge in [0.25, 0.3) is 0 Å². The third-order valence-electron chi connectivity index (χ3n) is 2.12. The molecule has 1 aromatic heterocycles. The Morgan fingerprint density at radius 2 is 2.35 bits per heavy atom. The lowest BCUT2D eigenvalue weighted by Gasteiger charge is -2.07. The standard InChI is InChI=1S/C10H20N6O/c1-3-4-6-12-10(15-11)13-7-5-9-14-8(2)16-17-9/h3-7,11H2,1-2H3,(H2,12,13,15). The van der Waals surface area contributed by atoms with Crippen molar-refractivity contribution in [2.24, 2.45) is 10.8 Å². The fraction of sp³-hybridized carbons (Fsp3) is 0.700. The van der Waals surface area contributed by atoms with Gasteiger partial charge in [-0.25, -0.2) is 5.84 Å². The smallest absolute Gasteiger partial charge is 0.228 e. The summed E-state index contributed by atoms with van der Waals surface area (Å²) in [5.74, 6) is 7.19. The van der Waals surface area contributed by atoms with Crippen LogP contribution in [0.5, 0.6) is 0 Å². The summed E-state index contributed by atoms with van der Waals surface area (Å²) in [5.41, 5.74) is 2.52. The summed E-state index contributed by atoms with van der Waals surface area (Å²) in [7, 11) is 0. The van der Waals surface area contributed by atoms with Crippen molar-refractivity contribution < 1.29 is 4.52 Å². The molecule has 0 aromatic carbocycles. The minimum absolute atomic E-state index is 0.592. The van der Waals surface area contributed by atoms with Crippen LogP contribution in [0.4, 0.5) is 0 Å². The molecule has 1 aromatic rings. The molecule has 0 amide bonds. The Balaban J connectivity index is 2.25. The number of hydrazine groups is 1. The topological polar surface area (TPSA) is 101 Å². The maximum atomic E-state index is 5.34. The minimum atomic E-state index is 0.592. The van der Waals surface area contributed by atoms with E-state index in [9.17, 15) is 0 Å². The van der Waals surface area contributed by atoms with Crippen molar-refractivity contribution in [1.29, 1.82) is 0 Å². The van der Waals surface area contributed by atoms with Gasteiger partial charge in [0.05, 0.1) is 0 Å². The maximum Gasteiger partial charge on any atom is 0.228 e. The van der Waals surface area contributed by atoms with Crippen molar-refractivity contribution in [1.82, 2.24) is 20.9 Å². The summed E-state index contributed by atoms with van der Waals surface area (Å²) in [6.07, 6.45) is 2.81. The number of hydrogen-bond donors (Lipinski definition) is 3. The fourth-order valence-electron chi connectivity index (χ4n) is 1.23. The molecule has 1 rings (SSSR count). The molecular formula is C10H20N6O. The van der Waals surface area contributed by atoms with Crippen LogP contribution in [0.15, 0.2) is 9.52 Å². The number of rotatable bonds is 6. The molecule has 7 heteroatoms. The van der Waals surface area contributed by atoms with Crippen molar-refractivity contribution in [2.45, 2.75) is 33.1 Å². The van der Waals surface area contributed by atoms with Gasteiger partial charge in [0, 0.05) is 19.5 Å². The molecular weight excluding hydrogens is 220 g/mol. The summed E-state index contributed by atoms with van der Waals surface area (Å²) < 4.78 is 4.99. The zero-order chi connectivity index (χ0) is 12.5. The molecule has 7 nitrogen and oxygen atoms in total. The molecule has 0 aliphatic heterocycles. The van der Waals surface area contributed by atoms with Crippen molar-refractivity contribution in [3.8, 4) is 0 Å². The molecule has 0 aliphatic rings. The third kappa shape index (κ3) is 5.30. The zero-order valence-electron chi connectivity index (χ0n) is 10.4. The fourth-order valence-corrected chi connectivity index (χ4v) is 1.23. The van der Waals surface area contributed by atoms with Gasteiger partial charge in [0.15, 0.2) is 5.82 Å². The van der Waals surface area contributed by atoms with E-state index in [-0.39, 0.29) is 0 Å². The highest BCUT2D eigenvalue weighted by atomic mass is 16.5. The first kappa shape index (κ1) is 13.4. The lowest BCUT2D eigenvalue weighted by atomic mass is 10.3. The van der Waals surface area contributed by atoms with E-state index in [0.717, 1.165) is 19.4 Å². The van der Waals surface area contributed by atoms with Crippen molar-refractivity contribution >= 4 is 5.96 Å². The van der Waals surface area contributed by atoms with E-state index in [1.165, 1.54) is 0 Å². The van der Waals surface area contributed by atoms with Crippen LogP contribution in [-0.2, 0) is 6.42 Å². The molecule has 17 heavy (non-hydrogen) atoms. The van der Waals surface area contributed by atoms with E-state index in [0.29, 0.717) is 30.6 Å². The summed E-state index contributed by atoms with van der Waals surface area (Å²) in [5, 5.41) is 6.78. The highest BCUT2D eigenvalue weighted by molar-refractivity contribution is 5.79. The average molecular weight is 240 g/mol. The first-order chi connectivity index (χ1) is 8.26. The molecule has 4 N–H and O–H groups in total. The predicted molar refractivity (Wildman–Crippen MR) is 65.3 cm³/mol. The van der Waals surface area contributed by atoms with Crippen LogP contribution in [0.1, 0.15) is 31.5 Å². The maximum absolute atomic E-state index is 5.34. The van der Waals surface area contributed by atoms with Gasteiger partial charge in [-0.15, -0.1) is 0 Å². The largest absolute Gasteiger partial charge is 0.355 e. The molecule has 0 bridgehead atoms. The number of aromatic nitrogens is 2. The number of aryl methyl sites for hydroxylation is 1. The number of nitrogens with two attached hydrogens (primary N) is 1. The van der Waals surface area contributed by atoms with E-state index in [1.54, 1.807) is 6.92 Å². The second-order valence-corrected chi connectivity index (χ2v) is 3.64. The minimum Gasteiger partial charge on any atom is -0.355 e. The Labute approximate surface area is 101 Å². The van der Waals surface area contributed by atoms with Gasteiger partial charge in [0.2, 0.25) is 11.9 Å². The van der Waals surface area contributed by atoms with E-state index in [1.807, 2.05) is 0 Å². The summed E-state index contributed by atoms with van der Waals surface area (Å²) in [6, 6.07) is 0. The monoisotopic (exact) mass is 240 g/mol. The number of nitrogens with one attached hydrogen (secondary N) is 2. The van der Waals surface area contributed by atoms with Gasteiger partial charge >= 0.3 is 0 Å². The first-order valence-corrected chi connectivity index (χ1v) is 5.80. The normalized spacial score (nSPS) is 11.6. The lowest BCUT2D eigenvalue weighted by molar-refractivity contribution is 0.374. The van der Waals surface area contributed by atoms with E-state index < -0.39 is 0 Å². The average Bonchev–Trinajstić information content (AvgIpc) is 2.73. The van der Waals surface area contributed by atoms with Crippen LogP contribution in [0.2, 0.25) is 0 Å². The Morgan fingerprint density at radius 3 is 2.94 bits per heavy atom. The van der Waals surface area contributed by atoms with E-state index >= 15 is 0 Å². The Bertz CT molecular complexity index is 348. The van der Waals surface area contributed by atoms with Crippen LogP contribution < -0.4 is 16.6 Å². The zero-order valence-corrected chi connectivity index (χ0v) is 10.4. The molecule has 0 fully saturated rings. The molecule has 1 heterocycles. The van der Waals surface area contributed by atoms with Gasteiger partial charge in [0.1, 0.15) is 0 Å². The highest BCUT2D eigenvalue weighted by Gasteiger charge is 2.02. The van der Waals surface area contributed by atoms with Crippen molar-refractivity contribution in [3.05, 3.63) is 11.7 Å². The predicted octanol–water partition coefficient (Wildman–Crippen LogP) is 0.130. The molecule has 0 unspecified atom stereocenters. The van der Waals surface area contributed by atoms with Crippen LogP contribution in [0.25, 0.3) is 0 Å². The quantitative estimate of drug-likeness (QED) is 0.215. The molecule has 0 radical (unpaired) electrons. The Hall–Kier alpha value is -1.63. The van der Waals surface area contributed by atoms with Crippen molar-refractivity contribution in [3.63, 3.8) is 0 Å². The molecule has 96 valence electrons. The van der Waals surface area contributed by atoms with Crippen LogP contribution in [0.3, 0.4) is 0 Å². The molecule has 0 saturated heterocycles. The Morgan fingerprint density at radius 1 is 1.53 bits per heavy atom. The van der Waals surface area contributed by atoms with Crippen molar-refractivity contribution in [2.75, 3.05) is 13.1 Å². The van der Waals surface area contributed by atoms with Gasteiger partial charge in [-0.3, -0.25) is 10.4 Å².